The molecule has 0 saturated heterocycles. The molecule has 0 bridgehead atoms. The third-order valence-corrected chi connectivity index (χ3v) is 1.96. The van der Waals surface area contributed by atoms with Gasteiger partial charge in [0, 0.05) is 0 Å². The van der Waals surface area contributed by atoms with Crippen LogP contribution in [-0.4, -0.2) is 11.1 Å². The van der Waals surface area contributed by atoms with Crippen LogP contribution in [0.4, 0.5) is 4.39 Å². The Labute approximate surface area is 78.5 Å². The van der Waals surface area contributed by atoms with E-state index in [4.69, 9.17) is 5.11 Å². The molecule has 0 amide bonds. The molecule has 0 aliphatic carbocycles. The third-order valence-electron chi connectivity index (χ3n) is 1.96. The maximum absolute atomic E-state index is 11.9. The number of halogens is 1. The summed E-state index contributed by atoms with van der Waals surface area (Å²) in [5.41, 5.74) is -0.114. The van der Waals surface area contributed by atoms with Gasteiger partial charge >= 0.3 is 5.97 Å². The molecule has 0 unspecified atom stereocenters. The van der Waals surface area contributed by atoms with Gasteiger partial charge in [-0.15, -0.1) is 0 Å². The number of carboxylic acid groups (broad SMARTS) is 1. The van der Waals surface area contributed by atoms with Crippen LogP contribution in [0.25, 0.3) is 0 Å². The van der Waals surface area contributed by atoms with E-state index in [0.29, 0.717) is 6.42 Å². The van der Waals surface area contributed by atoms with Crippen molar-refractivity contribution in [2.24, 2.45) is 0 Å². The van der Waals surface area contributed by atoms with Crippen molar-refractivity contribution in [2.75, 3.05) is 0 Å². The van der Waals surface area contributed by atoms with E-state index in [9.17, 15) is 9.18 Å². The van der Waals surface area contributed by atoms with Crippen molar-refractivity contribution in [3.63, 3.8) is 0 Å². The molecule has 0 radical (unpaired) electrons. The van der Waals surface area contributed by atoms with Crippen LogP contribution >= 0.6 is 0 Å². The van der Waals surface area contributed by atoms with E-state index in [1.54, 1.807) is 0 Å². The Hall–Kier alpha value is -0.860. The van der Waals surface area contributed by atoms with Gasteiger partial charge in [-0.25, -0.2) is 9.18 Å². The predicted molar refractivity (Wildman–Crippen MR) is 50.2 cm³/mol. The average Bonchev–Trinajstić information content (AvgIpc) is 2.10. The van der Waals surface area contributed by atoms with Crippen molar-refractivity contribution in [1.82, 2.24) is 0 Å². The predicted octanol–water partition coefficient (Wildman–Crippen LogP) is 3.28. The normalized spacial score (nSPS) is 11.7. The average molecular weight is 188 g/mol. The second-order valence-electron chi connectivity index (χ2n) is 3.10. The van der Waals surface area contributed by atoms with Gasteiger partial charge in [-0.2, -0.15) is 0 Å². The fraction of sp³-hybridized carbons (Fsp3) is 0.700. The molecule has 0 heterocycles. The minimum atomic E-state index is -1.14. The summed E-state index contributed by atoms with van der Waals surface area (Å²) in [5, 5.41) is 8.47. The van der Waals surface area contributed by atoms with Crippen LogP contribution in [0.3, 0.4) is 0 Å². The Morgan fingerprint density at radius 3 is 2.38 bits per heavy atom. The third kappa shape index (κ3) is 6.31. The molecule has 2 nitrogen and oxygen atoms in total. The lowest BCUT2D eigenvalue weighted by molar-refractivity contribution is -0.132. The van der Waals surface area contributed by atoms with Gasteiger partial charge in [-0.1, -0.05) is 32.6 Å². The second-order valence-corrected chi connectivity index (χ2v) is 3.10. The Kier molecular flexibility index (Phi) is 7.26. The van der Waals surface area contributed by atoms with Crippen LogP contribution in [0.15, 0.2) is 11.9 Å². The number of carbonyl (C=O) groups is 1. The second kappa shape index (κ2) is 7.77. The minimum absolute atomic E-state index is 0.114. The van der Waals surface area contributed by atoms with E-state index >= 15 is 0 Å². The van der Waals surface area contributed by atoms with E-state index in [1.165, 1.54) is 6.42 Å². The monoisotopic (exact) mass is 188 g/mol. The van der Waals surface area contributed by atoms with Crippen LogP contribution in [0.5, 0.6) is 0 Å². The molecule has 0 aromatic carbocycles. The molecule has 0 saturated carbocycles. The summed E-state index contributed by atoms with van der Waals surface area (Å²) in [6.07, 6.45) is 5.72. The van der Waals surface area contributed by atoms with Gasteiger partial charge < -0.3 is 5.11 Å². The van der Waals surface area contributed by atoms with Crippen molar-refractivity contribution in [3.05, 3.63) is 11.9 Å². The molecule has 0 aromatic rings. The minimum Gasteiger partial charge on any atom is -0.478 e. The number of aliphatic carboxylic acids is 1. The highest BCUT2D eigenvalue weighted by Gasteiger charge is 2.05. The fourth-order valence-electron chi connectivity index (χ4n) is 1.13. The number of hydrogen-bond acceptors (Lipinski definition) is 1. The summed E-state index contributed by atoms with van der Waals surface area (Å²) in [7, 11) is 0. The molecule has 0 fully saturated rings. The highest BCUT2D eigenvalue weighted by Crippen LogP contribution is 2.11. The molecule has 1 N–H and O–H groups in total. The van der Waals surface area contributed by atoms with Crippen molar-refractivity contribution in [3.8, 4) is 0 Å². The lowest BCUT2D eigenvalue weighted by Gasteiger charge is -2.00. The molecule has 13 heavy (non-hydrogen) atoms. The first-order chi connectivity index (χ1) is 6.22. The molecular weight excluding hydrogens is 171 g/mol. The summed E-state index contributed by atoms with van der Waals surface area (Å²) in [4.78, 5) is 10.3. The zero-order chi connectivity index (χ0) is 10.1. The van der Waals surface area contributed by atoms with Crippen molar-refractivity contribution in [2.45, 2.75) is 45.4 Å². The van der Waals surface area contributed by atoms with Crippen molar-refractivity contribution < 1.29 is 14.3 Å². The van der Waals surface area contributed by atoms with Crippen LogP contribution in [0, 0.1) is 0 Å². The molecule has 0 spiro atoms. The lowest BCUT2D eigenvalue weighted by Crippen LogP contribution is -1.99. The Balaban J connectivity index is 3.46. The van der Waals surface area contributed by atoms with Crippen LogP contribution in [0.1, 0.15) is 45.4 Å². The van der Waals surface area contributed by atoms with Crippen LogP contribution in [-0.2, 0) is 4.79 Å². The number of rotatable bonds is 7. The van der Waals surface area contributed by atoms with Crippen LogP contribution in [0.2, 0.25) is 0 Å². The summed E-state index contributed by atoms with van der Waals surface area (Å²) < 4.78 is 11.9. The Morgan fingerprint density at radius 1 is 1.31 bits per heavy atom. The first kappa shape index (κ1) is 12.1. The number of carboxylic acids is 1. The topological polar surface area (TPSA) is 37.3 Å². The van der Waals surface area contributed by atoms with E-state index in [0.717, 1.165) is 25.7 Å². The van der Waals surface area contributed by atoms with Gasteiger partial charge in [0.25, 0.3) is 0 Å². The van der Waals surface area contributed by atoms with Gasteiger partial charge in [0.05, 0.1) is 11.9 Å². The van der Waals surface area contributed by atoms with Gasteiger partial charge in [-0.05, 0) is 12.8 Å². The maximum atomic E-state index is 11.9. The molecule has 76 valence electrons. The van der Waals surface area contributed by atoms with E-state index in [2.05, 4.69) is 6.92 Å². The quantitative estimate of drug-likeness (QED) is 0.491. The highest BCUT2D eigenvalue weighted by molar-refractivity contribution is 5.86. The summed E-state index contributed by atoms with van der Waals surface area (Å²) in [6.45, 7) is 2.12. The zero-order valence-corrected chi connectivity index (χ0v) is 8.05. The number of hydrogen-bond donors (Lipinski definition) is 1. The summed E-state index contributed by atoms with van der Waals surface area (Å²) >= 11 is 0. The first-order valence-corrected chi connectivity index (χ1v) is 4.75. The molecule has 0 rings (SSSR count). The van der Waals surface area contributed by atoms with Crippen molar-refractivity contribution in [1.29, 1.82) is 0 Å². The Morgan fingerprint density at radius 2 is 1.92 bits per heavy atom. The zero-order valence-electron chi connectivity index (χ0n) is 8.05. The summed E-state index contributed by atoms with van der Waals surface area (Å²) in [5.74, 6) is -1.14. The lowest BCUT2D eigenvalue weighted by atomic mass is 10.1. The smallest absolute Gasteiger partial charge is 0.333 e. The van der Waals surface area contributed by atoms with Gasteiger partial charge in [0.15, 0.2) is 0 Å². The van der Waals surface area contributed by atoms with E-state index in [1.807, 2.05) is 0 Å². The van der Waals surface area contributed by atoms with Crippen LogP contribution < -0.4 is 0 Å². The molecule has 3 heteroatoms. The molecule has 0 aliphatic heterocycles. The fourth-order valence-corrected chi connectivity index (χ4v) is 1.13. The largest absolute Gasteiger partial charge is 0.478 e. The molecule has 0 atom stereocenters. The van der Waals surface area contributed by atoms with Gasteiger partial charge in [-0.3, -0.25) is 0 Å². The maximum Gasteiger partial charge on any atom is 0.333 e. The molecular formula is C10H17FO2. The molecule has 0 aromatic heterocycles. The Bertz CT molecular complexity index is 176. The van der Waals surface area contributed by atoms with Gasteiger partial charge in [0.1, 0.15) is 0 Å². The first-order valence-electron chi connectivity index (χ1n) is 4.75. The van der Waals surface area contributed by atoms with E-state index in [-0.39, 0.29) is 11.9 Å². The highest BCUT2D eigenvalue weighted by atomic mass is 19.1. The van der Waals surface area contributed by atoms with Gasteiger partial charge in [0.2, 0.25) is 0 Å². The number of unbranched alkanes of at least 4 members (excludes halogenated alkanes) is 4. The SMILES string of the molecule is CCCCCCCC(=CF)C(=O)O. The van der Waals surface area contributed by atoms with Crippen molar-refractivity contribution >= 4 is 5.97 Å². The summed E-state index contributed by atoms with van der Waals surface area (Å²) in [6, 6.07) is 0. The molecule has 0 aliphatic rings. The standard InChI is InChI=1S/C10H17FO2/c1-2-3-4-5-6-7-9(8-11)10(12)13/h8H,2-7H2,1H3,(H,12,13). The van der Waals surface area contributed by atoms with E-state index < -0.39 is 5.97 Å².